The van der Waals surface area contributed by atoms with Gasteiger partial charge in [-0.2, -0.15) is 0 Å². The molecule has 0 radical (unpaired) electrons. The summed E-state index contributed by atoms with van der Waals surface area (Å²) in [5.41, 5.74) is 7.53. The van der Waals surface area contributed by atoms with Crippen LogP contribution in [-0.4, -0.2) is 9.55 Å². The first-order chi connectivity index (χ1) is 7.59. The van der Waals surface area contributed by atoms with E-state index < -0.39 is 0 Å². The van der Waals surface area contributed by atoms with E-state index in [0.29, 0.717) is 10.0 Å². The minimum Gasteiger partial charge on any atom is -0.323 e. The van der Waals surface area contributed by atoms with Gasteiger partial charge in [0, 0.05) is 11.1 Å². The summed E-state index contributed by atoms with van der Waals surface area (Å²) in [5, 5.41) is 1.24. The molecule has 1 aromatic carbocycles. The molecule has 5 heteroatoms. The molecular formula is C11H11Cl2N3. The minimum atomic E-state index is -0.113. The number of hydrogen-bond donors (Lipinski definition) is 1. The number of nitrogens with zero attached hydrogens (tertiary/aromatic N) is 2. The average molecular weight is 256 g/mol. The van der Waals surface area contributed by atoms with E-state index in [2.05, 4.69) is 4.98 Å². The molecule has 0 saturated heterocycles. The Morgan fingerprint density at radius 1 is 1.38 bits per heavy atom. The first kappa shape index (κ1) is 11.5. The summed E-state index contributed by atoms with van der Waals surface area (Å²) in [4.78, 5) is 4.07. The highest BCUT2D eigenvalue weighted by atomic mass is 35.5. The molecule has 0 aliphatic rings. The Balaban J connectivity index is 2.58. The van der Waals surface area contributed by atoms with Crippen molar-refractivity contribution >= 4 is 23.2 Å². The van der Waals surface area contributed by atoms with Crippen molar-refractivity contribution in [1.82, 2.24) is 9.55 Å². The molecule has 2 rings (SSSR count). The van der Waals surface area contributed by atoms with E-state index in [0.717, 1.165) is 11.4 Å². The Morgan fingerprint density at radius 2 is 2.12 bits per heavy atom. The Labute approximate surface area is 104 Å². The summed E-state index contributed by atoms with van der Waals surface area (Å²) in [6, 6.07) is 5.18. The molecule has 1 aromatic heterocycles. The van der Waals surface area contributed by atoms with E-state index >= 15 is 0 Å². The van der Waals surface area contributed by atoms with Crippen molar-refractivity contribution in [3.05, 3.63) is 46.5 Å². The lowest BCUT2D eigenvalue weighted by Crippen LogP contribution is -2.10. The predicted octanol–water partition coefficient (Wildman–Crippen LogP) is 3.20. The van der Waals surface area contributed by atoms with E-state index in [1.54, 1.807) is 30.7 Å². The van der Waals surface area contributed by atoms with Crippen molar-refractivity contribution in [2.24, 2.45) is 5.73 Å². The van der Waals surface area contributed by atoms with E-state index in [9.17, 15) is 0 Å². The van der Waals surface area contributed by atoms with Crippen LogP contribution < -0.4 is 5.73 Å². The highest BCUT2D eigenvalue weighted by molar-refractivity contribution is 6.34. The number of benzene rings is 1. The molecule has 3 nitrogen and oxygen atoms in total. The standard InChI is InChI=1S/C11H11Cl2N3/c1-7(14)11-5-15-6-16(11)10-4-8(12)2-3-9(10)13/h2-7H,14H2,1H3/t7-/m1/s1. The SMILES string of the molecule is C[C@@H](N)c1cncn1-c1cc(Cl)ccc1Cl. The van der Waals surface area contributed by atoms with Crippen molar-refractivity contribution in [1.29, 1.82) is 0 Å². The molecule has 0 amide bonds. The molecule has 0 unspecified atom stereocenters. The van der Waals surface area contributed by atoms with Gasteiger partial charge in [-0.15, -0.1) is 0 Å². The normalized spacial score (nSPS) is 12.8. The third kappa shape index (κ3) is 2.07. The average Bonchev–Trinajstić information content (AvgIpc) is 2.70. The second kappa shape index (κ2) is 4.45. The quantitative estimate of drug-likeness (QED) is 0.896. The fourth-order valence-electron chi connectivity index (χ4n) is 1.51. The zero-order valence-electron chi connectivity index (χ0n) is 8.69. The van der Waals surface area contributed by atoms with Crippen molar-refractivity contribution in [2.75, 3.05) is 0 Å². The topological polar surface area (TPSA) is 43.8 Å². The largest absolute Gasteiger partial charge is 0.323 e. The van der Waals surface area contributed by atoms with Gasteiger partial charge in [0.15, 0.2) is 0 Å². The van der Waals surface area contributed by atoms with Gasteiger partial charge in [-0.1, -0.05) is 23.2 Å². The lowest BCUT2D eigenvalue weighted by atomic mass is 10.2. The lowest BCUT2D eigenvalue weighted by molar-refractivity contribution is 0.752. The highest BCUT2D eigenvalue weighted by Crippen LogP contribution is 2.26. The summed E-state index contributed by atoms with van der Waals surface area (Å²) >= 11 is 12.1. The highest BCUT2D eigenvalue weighted by Gasteiger charge is 2.11. The molecule has 0 spiro atoms. The van der Waals surface area contributed by atoms with Gasteiger partial charge in [0.2, 0.25) is 0 Å². The molecule has 0 aliphatic heterocycles. The van der Waals surface area contributed by atoms with Crippen LogP contribution in [0.15, 0.2) is 30.7 Å². The minimum absolute atomic E-state index is 0.113. The fourth-order valence-corrected chi connectivity index (χ4v) is 1.89. The second-order valence-electron chi connectivity index (χ2n) is 3.57. The van der Waals surface area contributed by atoms with Gasteiger partial charge in [0.05, 0.1) is 28.9 Å². The summed E-state index contributed by atoms with van der Waals surface area (Å²) in [5.74, 6) is 0. The predicted molar refractivity (Wildman–Crippen MR) is 66.2 cm³/mol. The van der Waals surface area contributed by atoms with E-state index in [4.69, 9.17) is 28.9 Å². The molecule has 16 heavy (non-hydrogen) atoms. The zero-order valence-corrected chi connectivity index (χ0v) is 10.2. The molecule has 0 fully saturated rings. The van der Waals surface area contributed by atoms with Crippen LogP contribution in [0.25, 0.3) is 5.69 Å². The lowest BCUT2D eigenvalue weighted by Gasteiger charge is -2.12. The van der Waals surface area contributed by atoms with Gasteiger partial charge in [0.1, 0.15) is 0 Å². The third-order valence-corrected chi connectivity index (χ3v) is 2.86. The van der Waals surface area contributed by atoms with Crippen LogP contribution in [0.1, 0.15) is 18.7 Å². The van der Waals surface area contributed by atoms with Gasteiger partial charge < -0.3 is 10.3 Å². The van der Waals surface area contributed by atoms with Gasteiger partial charge in [-0.05, 0) is 25.1 Å². The number of rotatable bonds is 2. The summed E-state index contributed by atoms with van der Waals surface area (Å²) in [6.07, 6.45) is 3.40. The first-order valence-corrected chi connectivity index (χ1v) is 5.58. The van der Waals surface area contributed by atoms with Crippen LogP contribution in [-0.2, 0) is 0 Å². The molecule has 0 aliphatic carbocycles. The fraction of sp³-hybridized carbons (Fsp3) is 0.182. The van der Waals surface area contributed by atoms with Crippen LogP contribution in [0, 0.1) is 0 Å². The molecular weight excluding hydrogens is 245 g/mol. The van der Waals surface area contributed by atoms with Crippen LogP contribution >= 0.6 is 23.2 Å². The maximum atomic E-state index is 6.12. The van der Waals surface area contributed by atoms with Crippen molar-refractivity contribution in [3.8, 4) is 5.69 Å². The zero-order chi connectivity index (χ0) is 11.7. The van der Waals surface area contributed by atoms with E-state index in [1.807, 2.05) is 11.5 Å². The molecule has 2 aromatic rings. The maximum absolute atomic E-state index is 6.12. The Morgan fingerprint density at radius 3 is 2.81 bits per heavy atom. The monoisotopic (exact) mass is 255 g/mol. The number of nitrogens with two attached hydrogens (primary N) is 1. The third-order valence-electron chi connectivity index (χ3n) is 2.30. The Hall–Kier alpha value is -1.03. The Bertz CT molecular complexity index is 506. The Kier molecular flexibility index (Phi) is 3.19. The van der Waals surface area contributed by atoms with E-state index in [-0.39, 0.29) is 6.04 Å². The first-order valence-electron chi connectivity index (χ1n) is 4.83. The summed E-state index contributed by atoms with van der Waals surface area (Å²) < 4.78 is 1.85. The van der Waals surface area contributed by atoms with Crippen molar-refractivity contribution < 1.29 is 0 Å². The smallest absolute Gasteiger partial charge is 0.0995 e. The molecule has 1 atom stereocenters. The van der Waals surface area contributed by atoms with Crippen LogP contribution in [0.4, 0.5) is 0 Å². The van der Waals surface area contributed by atoms with Gasteiger partial charge in [-0.25, -0.2) is 4.98 Å². The molecule has 84 valence electrons. The van der Waals surface area contributed by atoms with Gasteiger partial charge in [-0.3, -0.25) is 0 Å². The van der Waals surface area contributed by atoms with Gasteiger partial charge in [0.25, 0.3) is 0 Å². The summed E-state index contributed by atoms with van der Waals surface area (Å²) in [6.45, 7) is 1.89. The van der Waals surface area contributed by atoms with E-state index in [1.165, 1.54) is 0 Å². The number of aromatic nitrogens is 2. The van der Waals surface area contributed by atoms with Crippen LogP contribution in [0.5, 0.6) is 0 Å². The second-order valence-corrected chi connectivity index (χ2v) is 4.42. The number of imidazole rings is 1. The molecule has 2 N–H and O–H groups in total. The number of halogens is 2. The maximum Gasteiger partial charge on any atom is 0.0995 e. The number of hydrogen-bond acceptors (Lipinski definition) is 2. The molecule has 0 bridgehead atoms. The van der Waals surface area contributed by atoms with Crippen molar-refractivity contribution in [2.45, 2.75) is 13.0 Å². The summed E-state index contributed by atoms with van der Waals surface area (Å²) in [7, 11) is 0. The van der Waals surface area contributed by atoms with Crippen LogP contribution in [0.2, 0.25) is 10.0 Å². The van der Waals surface area contributed by atoms with Crippen molar-refractivity contribution in [3.63, 3.8) is 0 Å². The molecule has 1 heterocycles. The van der Waals surface area contributed by atoms with Crippen LogP contribution in [0.3, 0.4) is 0 Å². The molecule has 0 saturated carbocycles. The van der Waals surface area contributed by atoms with Gasteiger partial charge >= 0.3 is 0 Å².